The summed E-state index contributed by atoms with van der Waals surface area (Å²) in [6.07, 6.45) is 0.531. The summed E-state index contributed by atoms with van der Waals surface area (Å²) in [5, 5.41) is 9.01. The highest BCUT2D eigenvalue weighted by Crippen LogP contribution is 2.37. The molecule has 0 spiro atoms. The van der Waals surface area contributed by atoms with E-state index in [0.29, 0.717) is 31.1 Å². The number of carbonyl (C=O) groups is 2. The molecule has 9 heteroatoms. The Morgan fingerprint density at radius 2 is 1.81 bits per heavy atom. The first kappa shape index (κ1) is 27.0. The maximum Gasteiger partial charge on any atom is 0.317 e. The normalized spacial score (nSPS) is 14.9. The quantitative estimate of drug-likeness (QED) is 0.542. The van der Waals surface area contributed by atoms with Crippen molar-refractivity contribution in [1.29, 1.82) is 0 Å². The number of urea groups is 1. The predicted octanol–water partition coefficient (Wildman–Crippen LogP) is 3.68. The number of nitrogens with one attached hydrogen (secondary N) is 1. The van der Waals surface area contributed by atoms with E-state index in [4.69, 9.17) is 19.3 Å². The van der Waals surface area contributed by atoms with Crippen LogP contribution in [0.1, 0.15) is 41.6 Å². The van der Waals surface area contributed by atoms with E-state index in [2.05, 4.69) is 31.3 Å². The van der Waals surface area contributed by atoms with Crippen molar-refractivity contribution >= 4 is 17.6 Å². The molecule has 1 N–H and O–H groups in total. The minimum atomic E-state index is -0.354. The van der Waals surface area contributed by atoms with Crippen LogP contribution in [0.25, 0.3) is 0 Å². The van der Waals surface area contributed by atoms with Gasteiger partial charge in [0.15, 0.2) is 11.5 Å². The predicted molar refractivity (Wildman–Crippen MR) is 139 cm³/mol. The molecule has 9 nitrogen and oxygen atoms in total. The summed E-state index contributed by atoms with van der Waals surface area (Å²) in [7, 11) is 4.72. The summed E-state index contributed by atoms with van der Waals surface area (Å²) in [5.41, 5.74) is 5.00. The van der Waals surface area contributed by atoms with Gasteiger partial charge < -0.3 is 24.4 Å². The van der Waals surface area contributed by atoms with Crippen molar-refractivity contribution in [2.24, 2.45) is 5.10 Å². The average molecular weight is 497 g/mol. The maximum absolute atomic E-state index is 13.6. The van der Waals surface area contributed by atoms with E-state index in [0.717, 1.165) is 22.4 Å². The smallest absolute Gasteiger partial charge is 0.317 e. The summed E-state index contributed by atoms with van der Waals surface area (Å²) in [5.74, 6) is 0.899. The fourth-order valence-corrected chi connectivity index (χ4v) is 4.11. The van der Waals surface area contributed by atoms with Gasteiger partial charge >= 0.3 is 6.03 Å². The van der Waals surface area contributed by atoms with Gasteiger partial charge in [0.2, 0.25) is 0 Å². The fourth-order valence-electron chi connectivity index (χ4n) is 4.11. The molecule has 1 heterocycles. The topological polar surface area (TPSA) is 92.7 Å². The lowest BCUT2D eigenvalue weighted by molar-refractivity contribution is -0.133. The molecule has 0 fully saturated rings. The monoisotopic (exact) mass is 496 g/mol. The largest absolute Gasteiger partial charge is 0.493 e. The molecule has 0 unspecified atom stereocenters. The van der Waals surface area contributed by atoms with Gasteiger partial charge in [-0.2, -0.15) is 5.10 Å². The van der Waals surface area contributed by atoms with Crippen LogP contribution in [0.3, 0.4) is 0 Å². The molecule has 36 heavy (non-hydrogen) atoms. The Morgan fingerprint density at radius 3 is 2.44 bits per heavy atom. The minimum Gasteiger partial charge on any atom is -0.493 e. The lowest BCUT2D eigenvalue weighted by Gasteiger charge is -2.27. The van der Waals surface area contributed by atoms with Crippen LogP contribution in [-0.4, -0.2) is 75.1 Å². The van der Waals surface area contributed by atoms with Gasteiger partial charge in [-0.05, 0) is 61.2 Å². The van der Waals surface area contributed by atoms with Crippen molar-refractivity contribution in [2.45, 2.75) is 33.2 Å². The van der Waals surface area contributed by atoms with Crippen LogP contribution in [0, 0.1) is 13.8 Å². The van der Waals surface area contributed by atoms with Crippen LogP contribution >= 0.6 is 0 Å². The van der Waals surface area contributed by atoms with E-state index in [1.54, 1.807) is 21.3 Å². The average Bonchev–Trinajstić information content (AvgIpc) is 3.33. The first-order valence-electron chi connectivity index (χ1n) is 12.0. The third kappa shape index (κ3) is 6.15. The van der Waals surface area contributed by atoms with Gasteiger partial charge in [-0.3, -0.25) is 4.79 Å². The van der Waals surface area contributed by atoms with E-state index in [1.165, 1.54) is 15.5 Å². The number of amides is 3. The van der Waals surface area contributed by atoms with E-state index in [1.807, 2.05) is 31.2 Å². The summed E-state index contributed by atoms with van der Waals surface area (Å²) < 4.78 is 16.0. The second-order valence-electron chi connectivity index (χ2n) is 8.67. The molecule has 1 aliphatic rings. The van der Waals surface area contributed by atoms with Crippen LogP contribution in [0.4, 0.5) is 4.79 Å². The zero-order valence-corrected chi connectivity index (χ0v) is 22.0. The van der Waals surface area contributed by atoms with Crippen molar-refractivity contribution in [3.63, 3.8) is 0 Å². The number of ether oxygens (including phenoxy) is 3. The van der Waals surface area contributed by atoms with Crippen LogP contribution < -0.4 is 14.8 Å². The standard InChI is InChI=1S/C27H36N4O5/c1-7-28-27(33)30(12-13-34-4)17-26(32)31-23(21-10-11-24(35-5)25(15-21)36-6)16-22(29-31)20-9-8-18(2)19(3)14-20/h8-11,14-15,23H,7,12-13,16-17H2,1-6H3,(H,28,33)/t23-/m1/s1. The molecular weight excluding hydrogens is 460 g/mol. The van der Waals surface area contributed by atoms with Gasteiger partial charge in [0.25, 0.3) is 5.91 Å². The van der Waals surface area contributed by atoms with Crippen molar-refractivity contribution in [2.75, 3.05) is 47.6 Å². The Labute approximate surface area is 213 Å². The molecule has 0 saturated carbocycles. The van der Waals surface area contributed by atoms with Crippen LogP contribution in [-0.2, 0) is 9.53 Å². The lowest BCUT2D eigenvalue weighted by Crippen LogP contribution is -2.47. The minimum absolute atomic E-state index is 0.122. The summed E-state index contributed by atoms with van der Waals surface area (Å²) in [6, 6.07) is 11.1. The van der Waals surface area contributed by atoms with Gasteiger partial charge in [-0.1, -0.05) is 18.2 Å². The zero-order chi connectivity index (χ0) is 26.2. The highest BCUT2D eigenvalue weighted by atomic mass is 16.5. The Morgan fingerprint density at radius 1 is 1.06 bits per heavy atom. The third-order valence-electron chi connectivity index (χ3n) is 6.31. The number of hydrogen-bond acceptors (Lipinski definition) is 6. The summed E-state index contributed by atoms with van der Waals surface area (Å²) in [4.78, 5) is 27.6. The number of methoxy groups -OCH3 is 3. The molecule has 2 aromatic rings. The van der Waals surface area contributed by atoms with E-state index < -0.39 is 0 Å². The van der Waals surface area contributed by atoms with Gasteiger partial charge in [-0.15, -0.1) is 0 Å². The molecule has 0 aliphatic carbocycles. The molecule has 1 aliphatic heterocycles. The Hall–Kier alpha value is -3.59. The molecule has 0 radical (unpaired) electrons. The molecular formula is C27H36N4O5. The van der Waals surface area contributed by atoms with Crippen molar-refractivity contribution in [3.8, 4) is 11.5 Å². The SMILES string of the molecule is CCNC(=O)N(CCOC)CC(=O)N1N=C(c2ccc(C)c(C)c2)C[C@@H]1c1ccc(OC)c(OC)c1. The number of aryl methyl sites for hydroxylation is 2. The molecule has 0 aromatic heterocycles. The number of hydrogen-bond donors (Lipinski definition) is 1. The molecule has 2 aromatic carbocycles. The third-order valence-corrected chi connectivity index (χ3v) is 6.31. The number of rotatable bonds is 10. The van der Waals surface area contributed by atoms with E-state index >= 15 is 0 Å². The molecule has 0 bridgehead atoms. The number of hydrazone groups is 1. The summed E-state index contributed by atoms with van der Waals surface area (Å²) >= 11 is 0. The lowest BCUT2D eigenvalue weighted by atomic mass is 9.96. The second kappa shape index (κ2) is 12.4. The van der Waals surface area contributed by atoms with Crippen molar-refractivity contribution in [1.82, 2.24) is 15.2 Å². The second-order valence-corrected chi connectivity index (χ2v) is 8.67. The highest BCUT2D eigenvalue weighted by Gasteiger charge is 2.35. The van der Waals surface area contributed by atoms with Crippen molar-refractivity contribution in [3.05, 3.63) is 58.7 Å². The molecule has 1 atom stereocenters. The first-order chi connectivity index (χ1) is 17.3. The van der Waals surface area contributed by atoms with Gasteiger partial charge in [0.05, 0.1) is 32.6 Å². The van der Waals surface area contributed by atoms with Gasteiger partial charge in [0.1, 0.15) is 6.54 Å². The Bertz CT molecular complexity index is 1120. The fraction of sp³-hybridized carbons (Fsp3) is 0.444. The van der Waals surface area contributed by atoms with Crippen LogP contribution in [0.5, 0.6) is 11.5 Å². The van der Waals surface area contributed by atoms with E-state index in [-0.39, 0.29) is 31.1 Å². The van der Waals surface area contributed by atoms with Crippen LogP contribution in [0.2, 0.25) is 0 Å². The number of carbonyl (C=O) groups excluding carboxylic acids is 2. The zero-order valence-electron chi connectivity index (χ0n) is 22.0. The Balaban J connectivity index is 1.97. The van der Waals surface area contributed by atoms with Crippen LogP contribution in [0.15, 0.2) is 41.5 Å². The van der Waals surface area contributed by atoms with Crippen molar-refractivity contribution < 1.29 is 23.8 Å². The maximum atomic E-state index is 13.6. The molecule has 3 amide bonds. The van der Waals surface area contributed by atoms with Gasteiger partial charge in [-0.25, -0.2) is 9.80 Å². The number of benzene rings is 2. The first-order valence-corrected chi connectivity index (χ1v) is 12.0. The molecule has 3 rings (SSSR count). The highest BCUT2D eigenvalue weighted by molar-refractivity contribution is 6.03. The number of nitrogens with zero attached hydrogens (tertiary/aromatic N) is 3. The Kier molecular flexibility index (Phi) is 9.30. The molecule has 0 saturated heterocycles. The van der Waals surface area contributed by atoms with Gasteiger partial charge in [0, 0.05) is 26.6 Å². The molecule has 194 valence electrons. The van der Waals surface area contributed by atoms with E-state index in [9.17, 15) is 9.59 Å². The summed E-state index contributed by atoms with van der Waals surface area (Å²) in [6.45, 7) is 6.91.